The molecule has 0 aromatic heterocycles. The van der Waals surface area contributed by atoms with Crippen molar-refractivity contribution in [1.82, 2.24) is 4.90 Å². The van der Waals surface area contributed by atoms with Crippen LogP contribution in [-0.4, -0.2) is 45.3 Å². The highest BCUT2D eigenvalue weighted by Crippen LogP contribution is 2.38. The number of nitrogens with zero attached hydrogens (tertiary/aromatic N) is 1. The summed E-state index contributed by atoms with van der Waals surface area (Å²) >= 11 is 0. The van der Waals surface area contributed by atoms with Crippen molar-refractivity contribution in [3.05, 3.63) is 88.5 Å². The van der Waals surface area contributed by atoms with Crippen molar-refractivity contribution in [1.29, 1.82) is 0 Å². The monoisotopic (exact) mass is 546 g/mol. The average Bonchev–Trinajstić information content (AvgIpc) is 3.26. The second-order valence-corrected chi connectivity index (χ2v) is 11.2. The molecule has 0 aliphatic carbocycles. The molecule has 2 N–H and O–H groups in total. The number of halogens is 3. The summed E-state index contributed by atoms with van der Waals surface area (Å²) in [5.74, 6) is -0.259. The van der Waals surface area contributed by atoms with Crippen LogP contribution in [0.3, 0.4) is 0 Å². The van der Waals surface area contributed by atoms with Crippen LogP contribution in [0.2, 0.25) is 0 Å². The molecule has 1 aliphatic heterocycles. The SMILES string of the molecule is Cc1cc(CC(=O)c2ccc(-c3ccccc3C(F)(F)F)c(CO[C@@H]3CCN(C)C3)c2)ccc1S(N)(=O)=O. The third kappa shape index (κ3) is 6.50. The summed E-state index contributed by atoms with van der Waals surface area (Å²) in [5, 5.41) is 5.22. The number of Topliss-reactive ketones (excluding diaryl/α,β-unsaturated/α-hetero) is 1. The van der Waals surface area contributed by atoms with Crippen molar-refractivity contribution in [2.75, 3.05) is 20.1 Å². The first-order chi connectivity index (χ1) is 17.8. The zero-order chi connectivity index (χ0) is 27.7. The van der Waals surface area contributed by atoms with Gasteiger partial charge >= 0.3 is 6.18 Å². The number of primary sulfonamides is 1. The Labute approximate surface area is 220 Å². The van der Waals surface area contributed by atoms with Crippen molar-refractivity contribution in [3.63, 3.8) is 0 Å². The van der Waals surface area contributed by atoms with E-state index in [1.54, 1.807) is 25.1 Å². The molecule has 0 radical (unpaired) electrons. The summed E-state index contributed by atoms with van der Waals surface area (Å²) in [7, 11) is -1.90. The molecular formula is C28H29F3N2O4S. The number of likely N-dealkylation sites (tertiary alicyclic amines) is 1. The Morgan fingerprint density at radius 3 is 2.45 bits per heavy atom. The van der Waals surface area contributed by atoms with E-state index >= 15 is 0 Å². The maximum Gasteiger partial charge on any atom is 0.417 e. The molecule has 4 rings (SSSR count). The van der Waals surface area contributed by atoms with E-state index in [0.717, 1.165) is 25.6 Å². The maximum atomic E-state index is 13.8. The van der Waals surface area contributed by atoms with Crippen LogP contribution in [-0.2, 0) is 34.0 Å². The summed E-state index contributed by atoms with van der Waals surface area (Å²) < 4.78 is 70.8. The van der Waals surface area contributed by atoms with E-state index in [-0.39, 0.29) is 35.4 Å². The minimum atomic E-state index is -4.54. The third-order valence-electron chi connectivity index (χ3n) is 6.68. The summed E-state index contributed by atoms with van der Waals surface area (Å²) in [6, 6.07) is 14.5. The summed E-state index contributed by atoms with van der Waals surface area (Å²) in [4.78, 5) is 15.3. The lowest BCUT2D eigenvalue weighted by Crippen LogP contribution is -2.19. The molecule has 0 saturated carbocycles. The summed E-state index contributed by atoms with van der Waals surface area (Å²) in [5.41, 5.74) is 1.46. The first-order valence-electron chi connectivity index (χ1n) is 12.1. The van der Waals surface area contributed by atoms with Gasteiger partial charge in [-0.15, -0.1) is 0 Å². The molecular weight excluding hydrogens is 517 g/mol. The molecule has 3 aromatic carbocycles. The zero-order valence-electron chi connectivity index (χ0n) is 21.1. The Bertz CT molecular complexity index is 1450. The second-order valence-electron chi connectivity index (χ2n) is 9.64. The lowest BCUT2D eigenvalue weighted by molar-refractivity contribution is -0.137. The molecule has 0 unspecified atom stereocenters. The van der Waals surface area contributed by atoms with E-state index in [4.69, 9.17) is 9.88 Å². The van der Waals surface area contributed by atoms with E-state index in [9.17, 15) is 26.4 Å². The van der Waals surface area contributed by atoms with Gasteiger partial charge in [-0.2, -0.15) is 13.2 Å². The smallest absolute Gasteiger partial charge is 0.372 e. The maximum absolute atomic E-state index is 13.8. The van der Waals surface area contributed by atoms with Crippen LogP contribution < -0.4 is 5.14 Å². The van der Waals surface area contributed by atoms with Gasteiger partial charge in [0.05, 0.1) is 23.2 Å². The fourth-order valence-electron chi connectivity index (χ4n) is 4.78. The standard InChI is InChI=1S/C28H29F3N2O4S/c1-18-13-19(7-10-27(18)38(32,35)36)14-26(34)20-8-9-23(24-5-3-4-6-25(24)28(29,30)31)21(15-20)17-37-22-11-12-33(2)16-22/h3-10,13,15,22H,11-12,14,16-17H2,1-2H3,(H2,32,35,36)/t22-/m1/s1. The van der Waals surface area contributed by atoms with Crippen LogP contribution in [0.25, 0.3) is 11.1 Å². The minimum absolute atomic E-state index is 0.0154. The van der Waals surface area contributed by atoms with E-state index < -0.39 is 21.8 Å². The van der Waals surface area contributed by atoms with Crippen LogP contribution in [0.1, 0.15) is 39.0 Å². The number of likely N-dealkylation sites (N-methyl/N-ethyl adjacent to an activating group) is 1. The molecule has 1 saturated heterocycles. The van der Waals surface area contributed by atoms with Crippen LogP contribution in [0.4, 0.5) is 13.2 Å². The van der Waals surface area contributed by atoms with Crippen molar-refractivity contribution < 1.29 is 31.1 Å². The predicted octanol–water partition coefficient (Wildman–Crippen LogP) is 4.97. The van der Waals surface area contributed by atoms with E-state index in [2.05, 4.69) is 4.90 Å². The van der Waals surface area contributed by atoms with Crippen molar-refractivity contribution >= 4 is 15.8 Å². The van der Waals surface area contributed by atoms with Crippen LogP contribution in [0, 0.1) is 6.92 Å². The third-order valence-corrected chi connectivity index (χ3v) is 7.75. The lowest BCUT2D eigenvalue weighted by atomic mass is 9.92. The van der Waals surface area contributed by atoms with Gasteiger partial charge in [0.1, 0.15) is 0 Å². The van der Waals surface area contributed by atoms with Gasteiger partial charge < -0.3 is 9.64 Å². The Morgan fingerprint density at radius 1 is 1.08 bits per heavy atom. The molecule has 1 aliphatic rings. The number of carbonyl (C=O) groups excluding carboxylic acids is 1. The predicted molar refractivity (Wildman–Crippen MR) is 138 cm³/mol. The fraction of sp³-hybridized carbons (Fsp3) is 0.321. The number of rotatable bonds is 8. The van der Waals surface area contributed by atoms with Gasteiger partial charge in [0, 0.05) is 25.1 Å². The molecule has 0 amide bonds. The molecule has 1 atom stereocenters. The lowest BCUT2D eigenvalue weighted by Gasteiger charge is -2.18. The number of carbonyl (C=O) groups is 1. The van der Waals surface area contributed by atoms with E-state index in [1.165, 1.54) is 36.4 Å². The zero-order valence-corrected chi connectivity index (χ0v) is 21.9. The van der Waals surface area contributed by atoms with Crippen LogP contribution in [0.5, 0.6) is 0 Å². The highest BCUT2D eigenvalue weighted by molar-refractivity contribution is 7.89. The van der Waals surface area contributed by atoms with Crippen LogP contribution in [0.15, 0.2) is 65.6 Å². The Morgan fingerprint density at radius 2 is 1.82 bits per heavy atom. The number of benzene rings is 3. The van der Waals surface area contributed by atoms with Gasteiger partial charge in [-0.05, 0) is 66.4 Å². The number of hydrogen-bond donors (Lipinski definition) is 1. The number of alkyl halides is 3. The molecule has 1 fully saturated rings. The van der Waals surface area contributed by atoms with Gasteiger partial charge in [-0.25, -0.2) is 13.6 Å². The molecule has 10 heteroatoms. The van der Waals surface area contributed by atoms with Crippen molar-refractivity contribution in [3.8, 4) is 11.1 Å². The largest absolute Gasteiger partial charge is 0.417 e. The highest BCUT2D eigenvalue weighted by Gasteiger charge is 2.34. The summed E-state index contributed by atoms with van der Waals surface area (Å²) in [6.45, 7) is 3.25. The number of ether oxygens (including phenoxy) is 1. The first kappa shape index (κ1) is 28.0. The van der Waals surface area contributed by atoms with Crippen molar-refractivity contribution in [2.45, 2.75) is 43.5 Å². The van der Waals surface area contributed by atoms with E-state index in [0.29, 0.717) is 27.8 Å². The first-order valence-corrected chi connectivity index (χ1v) is 13.6. The Hall–Kier alpha value is -3.05. The van der Waals surface area contributed by atoms with Crippen LogP contribution >= 0.6 is 0 Å². The number of sulfonamides is 1. The molecule has 202 valence electrons. The highest BCUT2D eigenvalue weighted by atomic mass is 32.2. The average molecular weight is 547 g/mol. The number of ketones is 1. The Balaban J connectivity index is 1.66. The number of nitrogens with two attached hydrogens (primary N) is 1. The molecule has 6 nitrogen and oxygen atoms in total. The van der Waals surface area contributed by atoms with Gasteiger partial charge in [-0.3, -0.25) is 4.79 Å². The second kappa shape index (κ2) is 11.0. The topological polar surface area (TPSA) is 89.7 Å². The quantitative estimate of drug-likeness (QED) is 0.403. The molecule has 1 heterocycles. The molecule has 38 heavy (non-hydrogen) atoms. The minimum Gasteiger partial charge on any atom is -0.372 e. The van der Waals surface area contributed by atoms with Gasteiger partial charge in [0.2, 0.25) is 10.0 Å². The molecule has 0 bridgehead atoms. The summed E-state index contributed by atoms with van der Waals surface area (Å²) in [6.07, 6.45) is -3.79. The van der Waals surface area contributed by atoms with Gasteiger partial charge in [0.15, 0.2) is 5.78 Å². The fourth-order valence-corrected chi connectivity index (χ4v) is 5.55. The van der Waals surface area contributed by atoms with Crippen molar-refractivity contribution in [2.24, 2.45) is 5.14 Å². The van der Waals surface area contributed by atoms with E-state index in [1.807, 2.05) is 7.05 Å². The van der Waals surface area contributed by atoms with Gasteiger partial charge in [-0.1, -0.05) is 42.5 Å². The van der Waals surface area contributed by atoms with Gasteiger partial charge in [0.25, 0.3) is 0 Å². The normalized spacial score (nSPS) is 16.6. The Kier molecular flexibility index (Phi) is 8.08. The molecule has 0 spiro atoms. The molecule has 3 aromatic rings. The number of hydrogen-bond acceptors (Lipinski definition) is 5. The number of aryl methyl sites for hydroxylation is 1.